The lowest BCUT2D eigenvalue weighted by Gasteiger charge is -2.53. The summed E-state index contributed by atoms with van der Waals surface area (Å²) in [6.07, 6.45) is 4.05. The van der Waals surface area contributed by atoms with E-state index >= 15 is 0 Å². The fraction of sp³-hybridized carbons (Fsp3) is 0.750. The number of nitrogens with two attached hydrogens (primary N) is 3. The standard InChI is InChI=1S/C24H44N9O4S2/c1-17-5-10-31(38(34,35)12-7-25)14-20(17)22(27)33(3,24-19-4-9-28-23(19)29-16-30-24)21-15-32(11-6-18(21)2)39(36,37)13-8-26/h4,9,16-18,20-22H,5-8,10-15,25-27H2,1-3H3,(H,28,29,30)/q+1. The van der Waals surface area contributed by atoms with Gasteiger partial charge in [-0.15, -0.1) is 0 Å². The molecular formula is C24H44N9O4S2+. The van der Waals surface area contributed by atoms with Gasteiger partial charge in [0.15, 0.2) is 6.17 Å². The zero-order chi connectivity index (χ0) is 28.6. The summed E-state index contributed by atoms with van der Waals surface area (Å²) in [5.41, 5.74) is 19.2. The predicted octanol–water partition coefficient (Wildman–Crippen LogP) is -0.575. The van der Waals surface area contributed by atoms with Gasteiger partial charge in [0.1, 0.15) is 23.4 Å². The maximum atomic E-state index is 13.1. The lowest BCUT2D eigenvalue weighted by atomic mass is 9.82. The molecule has 0 amide bonds. The first-order valence-electron chi connectivity index (χ1n) is 13.6. The molecule has 39 heavy (non-hydrogen) atoms. The molecule has 0 bridgehead atoms. The van der Waals surface area contributed by atoms with Crippen LogP contribution in [0.15, 0.2) is 18.6 Å². The molecule has 0 spiro atoms. The number of hydrogen-bond acceptors (Lipinski definition) is 9. The van der Waals surface area contributed by atoms with E-state index in [4.69, 9.17) is 22.2 Å². The Morgan fingerprint density at radius 3 is 2.21 bits per heavy atom. The van der Waals surface area contributed by atoms with Gasteiger partial charge in [0, 0.05) is 50.8 Å². The van der Waals surface area contributed by atoms with Crippen LogP contribution in [0.5, 0.6) is 0 Å². The lowest BCUT2D eigenvalue weighted by Crippen LogP contribution is -2.73. The first kappa shape index (κ1) is 30.2. The molecule has 6 unspecified atom stereocenters. The number of nitrogens with one attached hydrogen (secondary N) is 1. The number of hydrogen-bond donors (Lipinski definition) is 4. The second-order valence-electron chi connectivity index (χ2n) is 11.3. The van der Waals surface area contributed by atoms with Crippen LogP contribution in [0.4, 0.5) is 5.82 Å². The van der Waals surface area contributed by atoms with E-state index in [0.717, 1.165) is 5.39 Å². The minimum Gasteiger partial charge on any atom is -0.346 e. The molecule has 0 aliphatic carbocycles. The number of rotatable bonds is 10. The fourth-order valence-electron chi connectivity index (χ4n) is 6.45. The van der Waals surface area contributed by atoms with Crippen LogP contribution in [0.3, 0.4) is 0 Å². The lowest BCUT2D eigenvalue weighted by molar-refractivity contribution is 0.0285. The Bertz CT molecular complexity index is 1350. The summed E-state index contributed by atoms with van der Waals surface area (Å²) in [4.78, 5) is 12.3. The summed E-state index contributed by atoms with van der Waals surface area (Å²) in [7, 11) is -5.04. The molecule has 2 aromatic heterocycles. The molecule has 6 atom stereocenters. The minimum atomic E-state index is -3.54. The molecule has 2 fully saturated rings. The number of nitrogens with zero attached hydrogens (tertiary/aromatic N) is 5. The largest absolute Gasteiger partial charge is 0.346 e. The van der Waals surface area contributed by atoms with Crippen LogP contribution >= 0.6 is 0 Å². The van der Waals surface area contributed by atoms with Crippen LogP contribution < -0.4 is 21.7 Å². The highest BCUT2D eigenvalue weighted by Crippen LogP contribution is 2.41. The van der Waals surface area contributed by atoms with Crippen LogP contribution in [-0.2, 0) is 20.0 Å². The van der Waals surface area contributed by atoms with E-state index in [1.807, 2.05) is 13.1 Å². The van der Waals surface area contributed by atoms with Crippen molar-refractivity contribution in [2.24, 2.45) is 35.0 Å². The second-order valence-corrected chi connectivity index (χ2v) is 15.4. The van der Waals surface area contributed by atoms with Crippen molar-refractivity contribution in [1.82, 2.24) is 28.0 Å². The van der Waals surface area contributed by atoms with Crippen LogP contribution in [0.1, 0.15) is 26.7 Å². The quantitative estimate of drug-likeness (QED) is 0.208. The Morgan fingerprint density at radius 2 is 1.59 bits per heavy atom. The molecule has 4 rings (SSSR count). The molecule has 7 N–H and O–H groups in total. The van der Waals surface area contributed by atoms with Gasteiger partial charge >= 0.3 is 0 Å². The number of quaternary nitrogens is 1. The zero-order valence-corrected chi connectivity index (χ0v) is 24.7. The van der Waals surface area contributed by atoms with E-state index in [1.54, 1.807) is 6.20 Å². The average molecular weight is 587 g/mol. The number of likely N-dealkylation sites (N-methyl/N-ethyl adjacent to an activating group) is 1. The molecule has 0 saturated carbocycles. The Labute approximate surface area is 231 Å². The van der Waals surface area contributed by atoms with Crippen molar-refractivity contribution in [1.29, 1.82) is 0 Å². The summed E-state index contributed by atoms with van der Waals surface area (Å²) >= 11 is 0. The van der Waals surface area contributed by atoms with Gasteiger partial charge in [-0.3, -0.25) is 10.2 Å². The highest BCUT2D eigenvalue weighted by Gasteiger charge is 2.53. The topological polar surface area (TPSA) is 194 Å². The smallest absolute Gasteiger partial charge is 0.241 e. The average Bonchev–Trinajstić information content (AvgIpc) is 3.37. The van der Waals surface area contributed by atoms with Gasteiger partial charge in [-0.2, -0.15) is 9.29 Å². The summed E-state index contributed by atoms with van der Waals surface area (Å²) in [6.45, 7) is 5.72. The summed E-state index contributed by atoms with van der Waals surface area (Å²) in [5.74, 6) is 0.513. The SMILES string of the molecule is CC1CCN(S(=O)(=O)CCN)CC1C(N)[N+](C)(c1ncnc2[nH]ccc12)C1CN(S(=O)(=O)CCN)CCC1C. The van der Waals surface area contributed by atoms with Gasteiger partial charge in [0.25, 0.3) is 0 Å². The Kier molecular flexibility index (Phi) is 9.03. The van der Waals surface area contributed by atoms with Crippen LogP contribution in [-0.4, -0.2) is 110 Å². The normalized spacial score (nSPS) is 28.4. The van der Waals surface area contributed by atoms with Crippen molar-refractivity contribution in [2.45, 2.75) is 38.9 Å². The highest BCUT2D eigenvalue weighted by molar-refractivity contribution is 7.89. The summed E-state index contributed by atoms with van der Waals surface area (Å²) in [6, 6.07) is 1.67. The maximum Gasteiger partial charge on any atom is 0.241 e. The molecule has 2 aliphatic heterocycles. The van der Waals surface area contributed by atoms with Crippen molar-refractivity contribution >= 4 is 36.9 Å². The van der Waals surface area contributed by atoms with Crippen molar-refractivity contribution in [2.75, 3.05) is 57.8 Å². The molecule has 2 aliphatic rings. The molecule has 220 valence electrons. The van der Waals surface area contributed by atoms with E-state index in [2.05, 4.69) is 23.8 Å². The molecule has 0 radical (unpaired) electrons. The van der Waals surface area contributed by atoms with Crippen molar-refractivity contribution in [3.05, 3.63) is 18.6 Å². The number of fused-ring (bicyclic) bond motifs is 1. The van der Waals surface area contributed by atoms with Gasteiger partial charge in [0.2, 0.25) is 25.9 Å². The van der Waals surface area contributed by atoms with Crippen LogP contribution in [0, 0.1) is 17.8 Å². The third-order valence-corrected chi connectivity index (χ3v) is 12.7. The molecule has 15 heteroatoms. The van der Waals surface area contributed by atoms with Crippen molar-refractivity contribution < 1.29 is 16.8 Å². The number of aromatic nitrogens is 3. The molecule has 2 saturated heterocycles. The van der Waals surface area contributed by atoms with E-state index in [0.29, 0.717) is 37.4 Å². The number of aromatic amines is 1. The Hall–Kier alpha value is -1.72. The van der Waals surface area contributed by atoms with E-state index in [1.165, 1.54) is 14.9 Å². The number of H-pyrrole nitrogens is 1. The van der Waals surface area contributed by atoms with Gasteiger partial charge in [0.05, 0.1) is 25.1 Å². The third kappa shape index (κ3) is 5.73. The third-order valence-electron chi connectivity index (χ3n) is 8.94. The fourth-order valence-corrected chi connectivity index (χ4v) is 9.11. The Balaban J connectivity index is 1.81. The van der Waals surface area contributed by atoms with Gasteiger partial charge in [-0.05, 0) is 24.8 Å². The monoisotopic (exact) mass is 586 g/mol. The second kappa shape index (κ2) is 11.6. The maximum absolute atomic E-state index is 13.1. The Morgan fingerprint density at radius 1 is 1.00 bits per heavy atom. The number of sulfonamides is 2. The molecule has 2 aromatic rings. The van der Waals surface area contributed by atoms with Gasteiger partial charge in [-0.1, -0.05) is 13.8 Å². The molecule has 0 aromatic carbocycles. The molecule has 13 nitrogen and oxygen atoms in total. The van der Waals surface area contributed by atoms with E-state index in [-0.39, 0.29) is 66.0 Å². The van der Waals surface area contributed by atoms with Gasteiger partial charge < -0.3 is 16.5 Å². The predicted molar refractivity (Wildman–Crippen MR) is 153 cm³/mol. The summed E-state index contributed by atoms with van der Waals surface area (Å²) < 4.78 is 55.4. The van der Waals surface area contributed by atoms with Gasteiger partial charge in [-0.25, -0.2) is 26.1 Å². The highest BCUT2D eigenvalue weighted by atomic mass is 32.2. The minimum absolute atomic E-state index is 0.0489. The van der Waals surface area contributed by atoms with Crippen LogP contribution in [0.25, 0.3) is 11.0 Å². The van der Waals surface area contributed by atoms with Crippen LogP contribution in [0.2, 0.25) is 0 Å². The number of piperidine rings is 2. The zero-order valence-electron chi connectivity index (χ0n) is 23.1. The van der Waals surface area contributed by atoms with E-state index < -0.39 is 26.2 Å². The van der Waals surface area contributed by atoms with E-state index in [9.17, 15) is 16.8 Å². The summed E-state index contributed by atoms with van der Waals surface area (Å²) in [5, 5.41) is 0.806. The first-order valence-corrected chi connectivity index (χ1v) is 16.8. The molecular weight excluding hydrogens is 542 g/mol. The van der Waals surface area contributed by atoms with Crippen molar-refractivity contribution in [3.63, 3.8) is 0 Å². The van der Waals surface area contributed by atoms with Crippen molar-refractivity contribution in [3.8, 4) is 0 Å². The molecule has 4 heterocycles. The first-order chi connectivity index (χ1) is 18.4.